The Morgan fingerprint density at radius 2 is 1.52 bits per heavy atom. The second-order valence-corrected chi connectivity index (χ2v) is 7.54. The molecule has 0 aromatic heterocycles. The zero-order valence-electron chi connectivity index (χ0n) is 15.3. The van der Waals surface area contributed by atoms with Crippen LogP contribution in [-0.4, -0.2) is 9.85 Å². The molecule has 1 aliphatic carbocycles. The van der Waals surface area contributed by atoms with Crippen LogP contribution in [-0.2, 0) is 6.42 Å². The standard InChI is InChI=1S/C22H17N3O4/c26-24(27)15-7-5-13(6-8-15)22-19-11-14-3-1-2-4-17(14)21(19)18-12-16(25(28)29)9-10-20(18)23-22/h1-10,12,19,21-23H,11H2/t19-,21+,22-/m0/s1. The maximum Gasteiger partial charge on any atom is 0.269 e. The van der Waals surface area contributed by atoms with Gasteiger partial charge in [0.2, 0.25) is 0 Å². The van der Waals surface area contributed by atoms with Crippen LogP contribution in [0.25, 0.3) is 0 Å². The zero-order valence-corrected chi connectivity index (χ0v) is 15.3. The van der Waals surface area contributed by atoms with E-state index >= 15 is 0 Å². The lowest BCUT2D eigenvalue weighted by Gasteiger charge is -2.37. The summed E-state index contributed by atoms with van der Waals surface area (Å²) in [5.41, 5.74) is 5.38. The van der Waals surface area contributed by atoms with Gasteiger partial charge >= 0.3 is 0 Å². The molecule has 1 aliphatic heterocycles. The van der Waals surface area contributed by atoms with Crippen molar-refractivity contribution in [2.24, 2.45) is 5.92 Å². The van der Waals surface area contributed by atoms with Crippen LogP contribution in [0.1, 0.15) is 34.2 Å². The molecule has 3 aromatic carbocycles. The van der Waals surface area contributed by atoms with E-state index in [2.05, 4.69) is 17.4 Å². The van der Waals surface area contributed by atoms with Gasteiger partial charge in [0.05, 0.1) is 15.9 Å². The zero-order chi connectivity index (χ0) is 20.1. The van der Waals surface area contributed by atoms with Crippen molar-refractivity contribution in [3.8, 4) is 0 Å². The number of hydrogen-bond acceptors (Lipinski definition) is 5. The number of fused-ring (bicyclic) bond motifs is 5. The molecule has 3 aromatic rings. The maximum atomic E-state index is 11.3. The molecule has 0 saturated carbocycles. The molecule has 0 saturated heterocycles. The van der Waals surface area contributed by atoms with E-state index in [1.165, 1.54) is 29.3 Å². The maximum absolute atomic E-state index is 11.3. The topological polar surface area (TPSA) is 98.3 Å². The van der Waals surface area contributed by atoms with Gasteiger partial charge in [0.25, 0.3) is 11.4 Å². The van der Waals surface area contributed by atoms with E-state index in [1.54, 1.807) is 24.3 Å². The predicted molar refractivity (Wildman–Crippen MR) is 108 cm³/mol. The Labute approximate surface area is 166 Å². The number of nitro benzene ring substituents is 2. The Kier molecular flexibility index (Phi) is 3.84. The minimum Gasteiger partial charge on any atom is -0.378 e. The predicted octanol–water partition coefficient (Wildman–Crippen LogP) is 4.97. The average molecular weight is 387 g/mol. The van der Waals surface area contributed by atoms with Crippen LogP contribution in [0.15, 0.2) is 66.7 Å². The molecule has 1 heterocycles. The molecule has 7 heteroatoms. The van der Waals surface area contributed by atoms with Crippen LogP contribution in [0.3, 0.4) is 0 Å². The van der Waals surface area contributed by atoms with Gasteiger partial charge in [0.15, 0.2) is 0 Å². The van der Waals surface area contributed by atoms with Gasteiger partial charge in [-0.05, 0) is 40.7 Å². The summed E-state index contributed by atoms with van der Waals surface area (Å²) < 4.78 is 0. The van der Waals surface area contributed by atoms with E-state index in [1.807, 2.05) is 12.1 Å². The number of non-ortho nitro benzene ring substituents is 2. The fraction of sp³-hybridized carbons (Fsp3) is 0.182. The minimum atomic E-state index is -0.402. The Bertz CT molecular complexity index is 1140. The van der Waals surface area contributed by atoms with E-state index < -0.39 is 4.92 Å². The molecule has 0 bridgehead atoms. The second kappa shape index (κ2) is 6.41. The molecular weight excluding hydrogens is 370 g/mol. The van der Waals surface area contributed by atoms with Crippen LogP contribution in [0, 0.1) is 26.1 Å². The van der Waals surface area contributed by atoms with Gasteiger partial charge in [-0.2, -0.15) is 0 Å². The molecule has 2 aliphatic rings. The van der Waals surface area contributed by atoms with Crippen molar-refractivity contribution in [2.45, 2.75) is 18.4 Å². The van der Waals surface area contributed by atoms with Gasteiger partial charge in [-0.15, -0.1) is 0 Å². The quantitative estimate of drug-likeness (QED) is 0.505. The van der Waals surface area contributed by atoms with Crippen molar-refractivity contribution in [3.05, 3.63) is 109 Å². The average Bonchev–Trinajstić information content (AvgIpc) is 3.12. The van der Waals surface area contributed by atoms with Gasteiger partial charge in [0.1, 0.15) is 0 Å². The van der Waals surface area contributed by atoms with Gasteiger partial charge in [-0.25, -0.2) is 0 Å². The van der Waals surface area contributed by atoms with Gasteiger partial charge < -0.3 is 5.32 Å². The third kappa shape index (κ3) is 2.74. The van der Waals surface area contributed by atoms with Crippen molar-refractivity contribution in [1.29, 1.82) is 0 Å². The fourth-order valence-electron chi connectivity index (χ4n) is 4.80. The normalized spacial score (nSPS) is 21.4. The summed E-state index contributed by atoms with van der Waals surface area (Å²) in [5.74, 6) is 0.214. The molecule has 0 radical (unpaired) electrons. The summed E-state index contributed by atoms with van der Waals surface area (Å²) in [6.07, 6.45) is 0.845. The monoisotopic (exact) mass is 387 g/mol. The SMILES string of the molecule is O=[N+]([O-])c1ccc([C@@H]2Nc3ccc([N+](=O)[O-])cc3[C@H]3c4ccccc4C[C@@H]32)cc1. The van der Waals surface area contributed by atoms with E-state index in [9.17, 15) is 20.2 Å². The number of hydrogen-bond donors (Lipinski definition) is 1. The lowest BCUT2D eigenvalue weighted by atomic mass is 9.75. The van der Waals surface area contributed by atoms with E-state index in [4.69, 9.17) is 0 Å². The highest BCUT2D eigenvalue weighted by molar-refractivity contribution is 5.65. The van der Waals surface area contributed by atoms with Crippen LogP contribution < -0.4 is 5.32 Å². The molecule has 0 amide bonds. The van der Waals surface area contributed by atoms with Crippen molar-refractivity contribution in [2.75, 3.05) is 5.32 Å². The molecule has 3 atom stereocenters. The fourth-order valence-corrected chi connectivity index (χ4v) is 4.80. The summed E-state index contributed by atoms with van der Waals surface area (Å²) in [5, 5.41) is 25.9. The first kappa shape index (κ1) is 17.4. The molecular formula is C22H17N3O4. The van der Waals surface area contributed by atoms with Crippen molar-refractivity contribution in [3.63, 3.8) is 0 Å². The van der Waals surface area contributed by atoms with Crippen LogP contribution >= 0.6 is 0 Å². The molecule has 29 heavy (non-hydrogen) atoms. The number of anilines is 1. The summed E-state index contributed by atoms with van der Waals surface area (Å²) in [6, 6.07) is 19.8. The molecule has 0 fully saturated rings. The Morgan fingerprint density at radius 1 is 0.828 bits per heavy atom. The first-order valence-electron chi connectivity index (χ1n) is 9.40. The van der Waals surface area contributed by atoms with E-state index in [-0.39, 0.29) is 34.2 Å². The van der Waals surface area contributed by atoms with Crippen molar-refractivity contribution < 1.29 is 9.85 Å². The third-order valence-electron chi connectivity index (χ3n) is 6.06. The number of rotatable bonds is 3. The summed E-state index contributed by atoms with van der Waals surface area (Å²) in [7, 11) is 0. The molecule has 7 nitrogen and oxygen atoms in total. The number of benzene rings is 3. The summed E-state index contributed by atoms with van der Waals surface area (Å²) in [6.45, 7) is 0. The number of nitrogens with one attached hydrogen (secondary N) is 1. The Hall–Kier alpha value is -3.74. The lowest BCUT2D eigenvalue weighted by molar-refractivity contribution is -0.385. The first-order valence-corrected chi connectivity index (χ1v) is 9.40. The first-order chi connectivity index (χ1) is 14.0. The summed E-state index contributed by atoms with van der Waals surface area (Å²) >= 11 is 0. The van der Waals surface area contributed by atoms with Crippen molar-refractivity contribution >= 4 is 17.1 Å². The smallest absolute Gasteiger partial charge is 0.269 e. The highest BCUT2D eigenvalue weighted by atomic mass is 16.6. The van der Waals surface area contributed by atoms with E-state index in [0.29, 0.717) is 0 Å². The van der Waals surface area contributed by atoms with Gasteiger partial charge in [-0.1, -0.05) is 36.4 Å². The van der Waals surface area contributed by atoms with Crippen LogP contribution in [0.5, 0.6) is 0 Å². The molecule has 144 valence electrons. The molecule has 0 unspecified atom stereocenters. The summed E-state index contributed by atoms with van der Waals surface area (Å²) in [4.78, 5) is 21.6. The van der Waals surface area contributed by atoms with Crippen molar-refractivity contribution in [1.82, 2.24) is 0 Å². The van der Waals surface area contributed by atoms with Crippen LogP contribution in [0.2, 0.25) is 0 Å². The van der Waals surface area contributed by atoms with Gasteiger partial charge in [0, 0.05) is 35.9 Å². The Balaban J connectivity index is 1.64. The highest BCUT2D eigenvalue weighted by Crippen LogP contribution is 2.54. The second-order valence-electron chi connectivity index (χ2n) is 7.54. The minimum absolute atomic E-state index is 0.0397. The number of nitro groups is 2. The number of nitrogens with zero attached hydrogens (tertiary/aromatic N) is 2. The third-order valence-corrected chi connectivity index (χ3v) is 6.06. The highest BCUT2D eigenvalue weighted by Gasteiger charge is 2.43. The molecule has 1 N–H and O–H groups in total. The van der Waals surface area contributed by atoms with Gasteiger partial charge in [-0.3, -0.25) is 20.2 Å². The van der Waals surface area contributed by atoms with E-state index in [0.717, 1.165) is 23.2 Å². The molecule has 5 rings (SSSR count). The Morgan fingerprint density at radius 3 is 2.24 bits per heavy atom. The molecule has 0 spiro atoms. The lowest BCUT2D eigenvalue weighted by Crippen LogP contribution is -2.30. The largest absolute Gasteiger partial charge is 0.378 e. The van der Waals surface area contributed by atoms with Crippen LogP contribution in [0.4, 0.5) is 17.1 Å².